The topological polar surface area (TPSA) is 81.9 Å². The van der Waals surface area contributed by atoms with E-state index >= 15 is 0 Å². The number of rotatable bonds is 6. The molecule has 0 saturated heterocycles. The van der Waals surface area contributed by atoms with Crippen molar-refractivity contribution in [3.63, 3.8) is 0 Å². The number of carbonyl (C=O) groups is 1. The standard InChI is InChI=1S/C13H19N5O/c1-4-15-13(19)11-6-7-12(17-16-11)18(10(2)3)9-5-8-14/h6-7,10H,4-5,9H2,1-3H3,(H,15,19). The van der Waals surface area contributed by atoms with Crippen LogP contribution in [0.5, 0.6) is 0 Å². The van der Waals surface area contributed by atoms with Gasteiger partial charge in [-0.1, -0.05) is 0 Å². The lowest BCUT2D eigenvalue weighted by Crippen LogP contribution is -2.33. The number of nitriles is 1. The van der Waals surface area contributed by atoms with Crippen LogP contribution < -0.4 is 10.2 Å². The maximum absolute atomic E-state index is 11.6. The second kappa shape index (κ2) is 7.31. The van der Waals surface area contributed by atoms with Crippen LogP contribution in [0.2, 0.25) is 0 Å². The molecule has 0 unspecified atom stereocenters. The van der Waals surface area contributed by atoms with Crippen molar-refractivity contribution in [1.82, 2.24) is 15.5 Å². The molecule has 6 heteroatoms. The molecule has 0 radical (unpaired) electrons. The first-order valence-electron chi connectivity index (χ1n) is 6.35. The summed E-state index contributed by atoms with van der Waals surface area (Å²) in [6.07, 6.45) is 0.429. The van der Waals surface area contributed by atoms with Crippen molar-refractivity contribution in [3.05, 3.63) is 17.8 Å². The van der Waals surface area contributed by atoms with Gasteiger partial charge in [-0.3, -0.25) is 4.79 Å². The highest BCUT2D eigenvalue weighted by molar-refractivity contribution is 5.92. The average Bonchev–Trinajstić information content (AvgIpc) is 2.40. The van der Waals surface area contributed by atoms with Crippen molar-refractivity contribution < 1.29 is 4.79 Å². The number of nitrogens with one attached hydrogen (secondary N) is 1. The fourth-order valence-corrected chi connectivity index (χ4v) is 1.66. The summed E-state index contributed by atoms with van der Waals surface area (Å²) in [6, 6.07) is 5.74. The Labute approximate surface area is 113 Å². The van der Waals surface area contributed by atoms with Crippen molar-refractivity contribution in [2.45, 2.75) is 33.2 Å². The number of nitrogens with zero attached hydrogens (tertiary/aromatic N) is 4. The summed E-state index contributed by atoms with van der Waals surface area (Å²) >= 11 is 0. The van der Waals surface area contributed by atoms with Crippen molar-refractivity contribution in [1.29, 1.82) is 5.26 Å². The van der Waals surface area contributed by atoms with Gasteiger partial charge in [0.25, 0.3) is 5.91 Å². The van der Waals surface area contributed by atoms with E-state index in [4.69, 9.17) is 5.26 Å². The molecule has 1 aromatic rings. The van der Waals surface area contributed by atoms with E-state index in [0.717, 1.165) is 0 Å². The molecular formula is C13H19N5O. The largest absolute Gasteiger partial charge is 0.352 e. The first-order chi connectivity index (χ1) is 9.10. The lowest BCUT2D eigenvalue weighted by molar-refractivity contribution is 0.0950. The molecule has 6 nitrogen and oxygen atoms in total. The van der Waals surface area contributed by atoms with Gasteiger partial charge < -0.3 is 10.2 Å². The summed E-state index contributed by atoms with van der Waals surface area (Å²) in [6.45, 7) is 7.06. The molecule has 0 spiro atoms. The summed E-state index contributed by atoms with van der Waals surface area (Å²) < 4.78 is 0. The molecule has 1 heterocycles. The van der Waals surface area contributed by atoms with Gasteiger partial charge in [-0.25, -0.2) is 0 Å². The monoisotopic (exact) mass is 261 g/mol. The van der Waals surface area contributed by atoms with E-state index in [1.165, 1.54) is 0 Å². The van der Waals surface area contributed by atoms with Crippen molar-refractivity contribution in [2.24, 2.45) is 0 Å². The van der Waals surface area contributed by atoms with Gasteiger partial charge >= 0.3 is 0 Å². The van der Waals surface area contributed by atoms with Crippen LogP contribution in [0, 0.1) is 11.3 Å². The number of aromatic nitrogens is 2. The number of amides is 1. The smallest absolute Gasteiger partial charge is 0.271 e. The van der Waals surface area contributed by atoms with Crippen LogP contribution in [-0.4, -0.2) is 35.2 Å². The van der Waals surface area contributed by atoms with Gasteiger partial charge in [0.1, 0.15) is 0 Å². The fraction of sp³-hybridized carbons (Fsp3) is 0.538. The first kappa shape index (κ1) is 14.9. The highest BCUT2D eigenvalue weighted by Gasteiger charge is 2.13. The normalized spacial score (nSPS) is 10.1. The van der Waals surface area contributed by atoms with E-state index in [-0.39, 0.29) is 11.9 Å². The molecule has 0 saturated carbocycles. The Hall–Kier alpha value is -2.16. The summed E-state index contributed by atoms with van der Waals surface area (Å²) in [7, 11) is 0. The Balaban J connectivity index is 2.83. The molecule has 1 amide bonds. The molecule has 1 aromatic heterocycles. The van der Waals surface area contributed by atoms with Gasteiger partial charge in [0.05, 0.1) is 12.5 Å². The summed E-state index contributed by atoms with van der Waals surface area (Å²) in [5.41, 5.74) is 0.301. The minimum Gasteiger partial charge on any atom is -0.352 e. The Kier molecular flexibility index (Phi) is 5.73. The van der Waals surface area contributed by atoms with Crippen LogP contribution >= 0.6 is 0 Å². The number of anilines is 1. The SMILES string of the molecule is CCNC(=O)c1ccc(N(CCC#N)C(C)C)nn1. The molecule has 19 heavy (non-hydrogen) atoms. The number of hydrogen-bond donors (Lipinski definition) is 1. The summed E-state index contributed by atoms with van der Waals surface area (Å²) in [4.78, 5) is 13.5. The third-order valence-electron chi connectivity index (χ3n) is 2.60. The molecule has 0 bridgehead atoms. The molecule has 0 atom stereocenters. The van der Waals surface area contributed by atoms with Gasteiger partial charge in [0.2, 0.25) is 0 Å². The zero-order valence-corrected chi connectivity index (χ0v) is 11.6. The van der Waals surface area contributed by atoms with Gasteiger partial charge in [0.15, 0.2) is 11.5 Å². The van der Waals surface area contributed by atoms with Crippen molar-refractivity contribution in [2.75, 3.05) is 18.0 Å². The predicted octanol–water partition coefficient (Wildman–Crippen LogP) is 1.35. The Morgan fingerprint density at radius 1 is 1.47 bits per heavy atom. The minimum atomic E-state index is -0.227. The van der Waals surface area contributed by atoms with E-state index in [9.17, 15) is 4.79 Å². The number of hydrogen-bond acceptors (Lipinski definition) is 5. The Morgan fingerprint density at radius 2 is 2.21 bits per heavy atom. The second-order valence-electron chi connectivity index (χ2n) is 4.33. The van der Waals surface area contributed by atoms with Gasteiger partial charge in [-0.2, -0.15) is 5.26 Å². The van der Waals surface area contributed by atoms with Gasteiger partial charge in [-0.15, -0.1) is 10.2 Å². The molecule has 0 aliphatic carbocycles. The molecule has 102 valence electrons. The lowest BCUT2D eigenvalue weighted by Gasteiger charge is -2.26. The molecule has 1 rings (SSSR count). The molecule has 1 N–H and O–H groups in total. The zero-order chi connectivity index (χ0) is 14.3. The van der Waals surface area contributed by atoms with E-state index < -0.39 is 0 Å². The van der Waals surface area contributed by atoms with Crippen LogP contribution in [0.3, 0.4) is 0 Å². The van der Waals surface area contributed by atoms with E-state index in [1.807, 2.05) is 25.7 Å². The molecule has 0 aromatic carbocycles. The summed E-state index contributed by atoms with van der Waals surface area (Å²) in [5, 5.41) is 19.3. The van der Waals surface area contributed by atoms with Crippen LogP contribution in [0.1, 0.15) is 37.7 Å². The van der Waals surface area contributed by atoms with Crippen molar-refractivity contribution >= 4 is 11.7 Å². The second-order valence-corrected chi connectivity index (χ2v) is 4.33. The molecule has 0 aliphatic rings. The van der Waals surface area contributed by atoms with Crippen LogP contribution in [0.4, 0.5) is 5.82 Å². The third-order valence-corrected chi connectivity index (χ3v) is 2.60. The Morgan fingerprint density at radius 3 is 2.68 bits per heavy atom. The fourth-order valence-electron chi connectivity index (χ4n) is 1.66. The highest BCUT2D eigenvalue weighted by atomic mass is 16.1. The maximum Gasteiger partial charge on any atom is 0.271 e. The average molecular weight is 261 g/mol. The Bertz CT molecular complexity index is 449. The first-order valence-corrected chi connectivity index (χ1v) is 6.35. The van der Waals surface area contributed by atoms with Crippen LogP contribution in [0.25, 0.3) is 0 Å². The highest BCUT2D eigenvalue weighted by Crippen LogP contribution is 2.13. The zero-order valence-electron chi connectivity index (χ0n) is 11.6. The van der Waals surface area contributed by atoms with E-state index in [0.29, 0.717) is 31.0 Å². The quantitative estimate of drug-likeness (QED) is 0.836. The molecular weight excluding hydrogens is 242 g/mol. The van der Waals surface area contributed by atoms with Crippen molar-refractivity contribution in [3.8, 4) is 6.07 Å². The number of carbonyl (C=O) groups excluding carboxylic acids is 1. The van der Waals surface area contributed by atoms with Gasteiger partial charge in [0, 0.05) is 19.1 Å². The molecule has 0 fully saturated rings. The minimum absolute atomic E-state index is 0.220. The maximum atomic E-state index is 11.6. The lowest BCUT2D eigenvalue weighted by atomic mass is 10.2. The predicted molar refractivity (Wildman–Crippen MR) is 72.8 cm³/mol. The van der Waals surface area contributed by atoms with E-state index in [2.05, 4.69) is 21.6 Å². The van der Waals surface area contributed by atoms with Crippen LogP contribution in [0.15, 0.2) is 12.1 Å². The molecule has 0 aliphatic heterocycles. The summed E-state index contributed by atoms with van der Waals surface area (Å²) in [5.74, 6) is 0.452. The van der Waals surface area contributed by atoms with E-state index in [1.54, 1.807) is 12.1 Å². The third kappa shape index (κ3) is 4.21. The van der Waals surface area contributed by atoms with Gasteiger partial charge in [-0.05, 0) is 32.9 Å². The van der Waals surface area contributed by atoms with Crippen LogP contribution in [-0.2, 0) is 0 Å².